The van der Waals surface area contributed by atoms with E-state index in [2.05, 4.69) is 0 Å². The van der Waals surface area contributed by atoms with Gasteiger partial charge in [0, 0.05) is 35.3 Å². The average Bonchev–Trinajstić information content (AvgIpc) is 2.95. The van der Waals surface area contributed by atoms with Crippen LogP contribution in [0, 0.1) is 0 Å². The van der Waals surface area contributed by atoms with Crippen molar-refractivity contribution in [3.63, 3.8) is 0 Å². The highest BCUT2D eigenvalue weighted by atomic mass is 19.2. The summed E-state index contributed by atoms with van der Waals surface area (Å²) in [4.78, 5) is 0. The SMILES string of the molecule is FC(c1ccccc1)(c1ccccc1)N(N1CCCCC1)C(F)(c1ccccc1)c1ccccc1. The predicted octanol–water partition coefficient (Wildman–Crippen LogP) is 7.43. The van der Waals surface area contributed by atoms with Gasteiger partial charge in [-0.3, -0.25) is 0 Å². The van der Waals surface area contributed by atoms with Gasteiger partial charge in [0.1, 0.15) is 0 Å². The van der Waals surface area contributed by atoms with E-state index in [9.17, 15) is 0 Å². The van der Waals surface area contributed by atoms with Crippen LogP contribution in [0.15, 0.2) is 121 Å². The van der Waals surface area contributed by atoms with Crippen molar-refractivity contribution in [1.82, 2.24) is 10.0 Å². The lowest BCUT2D eigenvalue weighted by atomic mass is 9.88. The Balaban J connectivity index is 1.84. The minimum absolute atomic E-state index is 0.394. The molecule has 0 N–H and O–H groups in total. The minimum atomic E-state index is -2.26. The number of piperidine rings is 1. The molecule has 0 spiro atoms. The van der Waals surface area contributed by atoms with Crippen molar-refractivity contribution in [2.75, 3.05) is 13.1 Å². The zero-order valence-corrected chi connectivity index (χ0v) is 19.7. The largest absolute Gasteiger partial charge is 0.235 e. The molecule has 0 aliphatic carbocycles. The molecular formula is C31H30F2N2. The maximum absolute atomic E-state index is 18.2. The number of hydrogen-bond acceptors (Lipinski definition) is 2. The van der Waals surface area contributed by atoms with Crippen LogP contribution in [0.25, 0.3) is 0 Å². The molecule has 1 saturated heterocycles. The van der Waals surface area contributed by atoms with E-state index in [1.54, 1.807) is 48.5 Å². The predicted molar refractivity (Wildman–Crippen MR) is 137 cm³/mol. The Morgan fingerprint density at radius 2 is 0.743 bits per heavy atom. The lowest BCUT2D eigenvalue weighted by molar-refractivity contribution is -0.255. The summed E-state index contributed by atoms with van der Waals surface area (Å²) in [5.74, 6) is -4.53. The Morgan fingerprint density at radius 3 is 1.03 bits per heavy atom. The first-order chi connectivity index (χ1) is 17.1. The summed E-state index contributed by atoms with van der Waals surface area (Å²) in [7, 11) is 0. The Labute approximate surface area is 206 Å². The third kappa shape index (κ3) is 4.29. The molecule has 0 radical (unpaired) electrons. The quantitative estimate of drug-likeness (QED) is 0.260. The highest BCUT2D eigenvalue weighted by Crippen LogP contribution is 2.50. The molecule has 178 valence electrons. The van der Waals surface area contributed by atoms with Gasteiger partial charge in [0.15, 0.2) is 0 Å². The van der Waals surface area contributed by atoms with Gasteiger partial charge in [-0.1, -0.05) is 128 Å². The summed E-state index contributed by atoms with van der Waals surface area (Å²) < 4.78 is 36.4. The maximum atomic E-state index is 18.2. The minimum Gasteiger partial charge on any atom is -0.235 e. The second-order valence-electron chi connectivity index (χ2n) is 9.03. The van der Waals surface area contributed by atoms with Crippen molar-refractivity contribution in [3.8, 4) is 0 Å². The van der Waals surface area contributed by atoms with Crippen LogP contribution in [0.4, 0.5) is 8.78 Å². The van der Waals surface area contributed by atoms with Gasteiger partial charge in [0.25, 0.3) is 0 Å². The fourth-order valence-corrected chi connectivity index (χ4v) is 5.14. The first-order valence-electron chi connectivity index (χ1n) is 12.3. The van der Waals surface area contributed by atoms with Crippen molar-refractivity contribution in [3.05, 3.63) is 144 Å². The summed E-state index contributed by atoms with van der Waals surface area (Å²) in [6, 6.07) is 35.9. The summed E-state index contributed by atoms with van der Waals surface area (Å²) in [5.41, 5.74) is 1.58. The monoisotopic (exact) mass is 468 g/mol. The summed E-state index contributed by atoms with van der Waals surface area (Å²) >= 11 is 0. The molecule has 0 atom stereocenters. The topological polar surface area (TPSA) is 6.48 Å². The molecular weight excluding hydrogens is 438 g/mol. The average molecular weight is 469 g/mol. The van der Waals surface area contributed by atoms with E-state index in [4.69, 9.17) is 0 Å². The number of benzene rings is 4. The van der Waals surface area contributed by atoms with Crippen molar-refractivity contribution in [1.29, 1.82) is 0 Å². The van der Waals surface area contributed by atoms with E-state index in [-0.39, 0.29) is 0 Å². The highest BCUT2D eigenvalue weighted by molar-refractivity contribution is 5.41. The van der Waals surface area contributed by atoms with E-state index in [1.807, 2.05) is 77.8 Å². The van der Waals surface area contributed by atoms with E-state index < -0.39 is 11.6 Å². The molecule has 4 heteroatoms. The number of halogens is 2. The van der Waals surface area contributed by atoms with Crippen LogP contribution in [-0.4, -0.2) is 23.1 Å². The molecule has 0 bridgehead atoms. The number of nitrogens with zero attached hydrogens (tertiary/aromatic N) is 2. The molecule has 0 aromatic heterocycles. The summed E-state index contributed by atoms with van der Waals surface area (Å²) in [6.45, 7) is 1.16. The third-order valence-corrected chi connectivity index (χ3v) is 6.82. The second-order valence-corrected chi connectivity index (χ2v) is 9.03. The molecule has 0 unspecified atom stereocenters. The van der Waals surface area contributed by atoms with E-state index in [0.29, 0.717) is 35.3 Å². The van der Waals surface area contributed by atoms with Gasteiger partial charge in [-0.05, 0) is 12.8 Å². The van der Waals surface area contributed by atoms with E-state index in [1.165, 1.54) is 5.01 Å². The molecule has 4 aromatic carbocycles. The van der Waals surface area contributed by atoms with Crippen LogP contribution in [-0.2, 0) is 11.6 Å². The van der Waals surface area contributed by atoms with Crippen molar-refractivity contribution < 1.29 is 8.78 Å². The first-order valence-corrected chi connectivity index (χ1v) is 12.3. The van der Waals surface area contributed by atoms with Gasteiger partial charge >= 0.3 is 0 Å². The molecule has 4 aromatic rings. The number of hydrazine groups is 1. The molecule has 1 heterocycles. The third-order valence-electron chi connectivity index (χ3n) is 6.82. The smallest absolute Gasteiger partial charge is 0.231 e. The zero-order chi connectivity index (χ0) is 24.1. The molecule has 5 rings (SSSR count). The molecule has 1 fully saturated rings. The summed E-state index contributed by atoms with van der Waals surface area (Å²) in [5, 5.41) is 3.28. The molecule has 0 saturated carbocycles. The standard InChI is InChI=1S/C31H30F2N2/c32-30(26-16-6-1-7-17-26,27-18-8-2-9-19-27)35(34-24-14-5-15-25-34)31(33,28-20-10-3-11-21-28)29-22-12-4-13-23-29/h1-4,6-13,16-23H,5,14-15,24-25H2. The zero-order valence-electron chi connectivity index (χ0n) is 19.7. The van der Waals surface area contributed by atoms with Crippen LogP contribution < -0.4 is 0 Å². The maximum Gasteiger partial charge on any atom is 0.231 e. The Morgan fingerprint density at radius 1 is 0.457 bits per heavy atom. The van der Waals surface area contributed by atoms with Gasteiger partial charge in [-0.15, -0.1) is 0 Å². The van der Waals surface area contributed by atoms with Gasteiger partial charge in [0.2, 0.25) is 11.6 Å². The fraction of sp³-hybridized carbons (Fsp3) is 0.226. The molecule has 35 heavy (non-hydrogen) atoms. The lowest BCUT2D eigenvalue weighted by Gasteiger charge is -2.52. The van der Waals surface area contributed by atoms with Crippen LogP contribution in [0.2, 0.25) is 0 Å². The van der Waals surface area contributed by atoms with Crippen LogP contribution in [0.3, 0.4) is 0 Å². The summed E-state index contributed by atoms with van der Waals surface area (Å²) in [6.07, 6.45) is 2.82. The fourth-order valence-electron chi connectivity index (χ4n) is 5.14. The van der Waals surface area contributed by atoms with Gasteiger partial charge < -0.3 is 0 Å². The first kappa shape index (κ1) is 23.4. The van der Waals surface area contributed by atoms with E-state index >= 15 is 8.78 Å². The van der Waals surface area contributed by atoms with E-state index in [0.717, 1.165) is 19.3 Å². The molecule has 2 nitrogen and oxygen atoms in total. The van der Waals surface area contributed by atoms with Crippen LogP contribution >= 0.6 is 0 Å². The van der Waals surface area contributed by atoms with Crippen LogP contribution in [0.5, 0.6) is 0 Å². The Bertz CT molecular complexity index is 1030. The number of hydrogen-bond donors (Lipinski definition) is 0. The lowest BCUT2D eigenvalue weighted by Crippen LogP contribution is -2.63. The molecule has 1 aliphatic heterocycles. The highest BCUT2D eigenvalue weighted by Gasteiger charge is 2.56. The number of alkyl halides is 2. The number of rotatable bonds is 7. The van der Waals surface area contributed by atoms with Gasteiger partial charge in [-0.25, -0.2) is 13.8 Å². The molecule has 1 aliphatic rings. The van der Waals surface area contributed by atoms with Gasteiger partial charge in [-0.2, -0.15) is 5.01 Å². The Kier molecular flexibility index (Phi) is 6.76. The molecule has 0 amide bonds. The van der Waals surface area contributed by atoms with Gasteiger partial charge in [0.05, 0.1) is 0 Å². The van der Waals surface area contributed by atoms with Crippen molar-refractivity contribution in [2.24, 2.45) is 0 Å². The van der Waals surface area contributed by atoms with Crippen molar-refractivity contribution >= 4 is 0 Å². The normalized spacial score (nSPS) is 15.3. The Hall–Kier alpha value is -3.34. The van der Waals surface area contributed by atoms with Crippen molar-refractivity contribution in [2.45, 2.75) is 30.8 Å². The second kappa shape index (κ2) is 10.1. The van der Waals surface area contributed by atoms with Crippen LogP contribution in [0.1, 0.15) is 41.5 Å².